The van der Waals surface area contributed by atoms with Gasteiger partial charge in [-0.25, -0.2) is 4.79 Å². The van der Waals surface area contributed by atoms with Gasteiger partial charge < -0.3 is 4.74 Å². The number of hydrogen-bond donors (Lipinski definition) is 0. The van der Waals surface area contributed by atoms with Crippen molar-refractivity contribution in [2.75, 3.05) is 16.9 Å². The summed E-state index contributed by atoms with van der Waals surface area (Å²) in [6, 6.07) is 17.1. The fourth-order valence-electron chi connectivity index (χ4n) is 3.20. The fraction of sp³-hybridized carbons (Fsp3) is 0.0952. The van der Waals surface area contributed by atoms with Crippen LogP contribution in [0.3, 0.4) is 0 Å². The second-order valence-corrected chi connectivity index (χ2v) is 5.83. The van der Waals surface area contributed by atoms with Crippen LogP contribution in [0.5, 0.6) is 5.75 Å². The molecule has 0 spiro atoms. The summed E-state index contributed by atoms with van der Waals surface area (Å²) in [4.78, 5) is 16.8. The Morgan fingerprint density at radius 3 is 2.36 bits per heavy atom. The molecule has 0 N–H and O–H groups in total. The summed E-state index contributed by atoms with van der Waals surface area (Å²) in [7, 11) is 1.63. The minimum absolute atomic E-state index is 0.0624. The third-order valence-electron chi connectivity index (χ3n) is 4.38. The number of benzene rings is 2. The van der Waals surface area contributed by atoms with Crippen LogP contribution in [0.2, 0.25) is 0 Å². The Morgan fingerprint density at radius 1 is 0.880 bits per heavy atom. The molecule has 4 heteroatoms. The molecule has 1 unspecified atom stereocenters. The number of urea groups is 1. The highest BCUT2D eigenvalue weighted by Crippen LogP contribution is 2.37. The summed E-state index contributed by atoms with van der Waals surface area (Å²) in [6.45, 7) is 0. The van der Waals surface area contributed by atoms with Gasteiger partial charge in [-0.1, -0.05) is 42.5 Å². The van der Waals surface area contributed by atoms with Crippen LogP contribution in [0.4, 0.5) is 16.2 Å². The molecule has 124 valence electrons. The Hall–Kier alpha value is -3.27. The molecule has 1 aliphatic heterocycles. The van der Waals surface area contributed by atoms with Gasteiger partial charge in [-0.3, -0.25) is 9.80 Å². The van der Waals surface area contributed by atoms with Crippen molar-refractivity contribution >= 4 is 17.4 Å². The summed E-state index contributed by atoms with van der Waals surface area (Å²) in [6.07, 6.45) is 9.96. The zero-order valence-corrected chi connectivity index (χ0v) is 13.9. The molecule has 2 aliphatic rings. The lowest BCUT2D eigenvalue weighted by Crippen LogP contribution is -2.34. The van der Waals surface area contributed by atoms with Crippen LogP contribution in [-0.2, 0) is 0 Å². The van der Waals surface area contributed by atoms with E-state index in [9.17, 15) is 4.79 Å². The second-order valence-electron chi connectivity index (χ2n) is 5.83. The molecule has 1 fully saturated rings. The first-order valence-electron chi connectivity index (χ1n) is 8.17. The molecule has 0 bridgehead atoms. The van der Waals surface area contributed by atoms with E-state index in [4.69, 9.17) is 4.74 Å². The molecule has 4 rings (SSSR count). The van der Waals surface area contributed by atoms with E-state index in [2.05, 4.69) is 0 Å². The average Bonchev–Trinajstić information content (AvgIpc) is 2.79. The molecular formula is C21H18N2O2. The van der Waals surface area contributed by atoms with Gasteiger partial charge >= 0.3 is 6.03 Å². The number of allylic oxidation sites excluding steroid dienone is 4. The van der Waals surface area contributed by atoms with Crippen molar-refractivity contribution in [3.63, 3.8) is 0 Å². The lowest BCUT2D eigenvalue weighted by Gasteiger charge is -2.20. The zero-order chi connectivity index (χ0) is 17.2. The van der Waals surface area contributed by atoms with E-state index in [1.165, 1.54) is 0 Å². The van der Waals surface area contributed by atoms with Crippen LogP contribution in [0.15, 0.2) is 90.7 Å². The summed E-state index contributed by atoms with van der Waals surface area (Å²) in [5, 5.41) is 0. The molecule has 1 atom stereocenters. The molecule has 0 aromatic heterocycles. The maximum absolute atomic E-state index is 13.3. The normalized spacial score (nSPS) is 18.8. The second kappa shape index (κ2) is 6.32. The predicted molar refractivity (Wildman–Crippen MR) is 99.9 cm³/mol. The first kappa shape index (κ1) is 15.3. The van der Waals surface area contributed by atoms with E-state index in [0.717, 1.165) is 22.8 Å². The lowest BCUT2D eigenvalue weighted by atomic mass is 10.1. The zero-order valence-electron chi connectivity index (χ0n) is 13.9. The number of anilines is 2. The number of nitrogens with zero attached hydrogens (tertiary/aromatic N) is 2. The Labute approximate surface area is 146 Å². The molecule has 2 aromatic rings. The SMILES string of the molecule is COc1ccc(N2C(=O)N(c3ccccc3)C3C=CC=CC=C32)cc1. The highest BCUT2D eigenvalue weighted by molar-refractivity contribution is 6.11. The van der Waals surface area contributed by atoms with Crippen LogP contribution < -0.4 is 14.5 Å². The number of para-hydroxylation sites is 1. The van der Waals surface area contributed by atoms with Crippen molar-refractivity contribution in [1.82, 2.24) is 0 Å². The molecule has 2 amide bonds. The summed E-state index contributed by atoms with van der Waals surface area (Å²) < 4.78 is 5.22. The van der Waals surface area contributed by atoms with Crippen LogP contribution >= 0.6 is 0 Å². The van der Waals surface area contributed by atoms with Crippen molar-refractivity contribution in [3.05, 3.63) is 90.7 Å². The number of ether oxygens (including phenoxy) is 1. The summed E-state index contributed by atoms with van der Waals surface area (Å²) >= 11 is 0. The van der Waals surface area contributed by atoms with Crippen LogP contribution in [0, 0.1) is 0 Å². The van der Waals surface area contributed by atoms with Crippen LogP contribution in [0.25, 0.3) is 0 Å². The average molecular weight is 330 g/mol. The molecule has 1 heterocycles. The molecule has 1 saturated heterocycles. The Kier molecular flexibility index (Phi) is 3.86. The standard InChI is InChI=1S/C21H18N2O2/c1-25-18-14-12-17(13-15-18)23-20-11-7-3-6-10-19(20)22(21(23)24)16-8-4-2-5-9-16/h2-15,19H,1H3. The Balaban J connectivity index is 1.81. The minimum atomic E-state index is -0.132. The van der Waals surface area contributed by atoms with Crippen molar-refractivity contribution in [1.29, 1.82) is 0 Å². The molecule has 1 aliphatic carbocycles. The van der Waals surface area contributed by atoms with Crippen molar-refractivity contribution in [2.24, 2.45) is 0 Å². The highest BCUT2D eigenvalue weighted by atomic mass is 16.5. The quantitative estimate of drug-likeness (QED) is 0.829. The van der Waals surface area contributed by atoms with E-state index in [1.807, 2.05) is 89.9 Å². The molecule has 0 saturated carbocycles. The van der Waals surface area contributed by atoms with Gasteiger partial charge in [-0.15, -0.1) is 0 Å². The number of methoxy groups -OCH3 is 1. The van der Waals surface area contributed by atoms with E-state index in [1.54, 1.807) is 12.0 Å². The fourth-order valence-corrected chi connectivity index (χ4v) is 3.20. The number of rotatable bonds is 3. The van der Waals surface area contributed by atoms with E-state index in [-0.39, 0.29) is 12.1 Å². The van der Waals surface area contributed by atoms with Gasteiger partial charge in [-0.05, 0) is 42.5 Å². The van der Waals surface area contributed by atoms with Gasteiger partial charge in [0.25, 0.3) is 0 Å². The van der Waals surface area contributed by atoms with Gasteiger partial charge in [0.05, 0.1) is 24.5 Å². The molecule has 25 heavy (non-hydrogen) atoms. The van der Waals surface area contributed by atoms with Gasteiger partial charge in [-0.2, -0.15) is 0 Å². The molecule has 4 nitrogen and oxygen atoms in total. The van der Waals surface area contributed by atoms with E-state index >= 15 is 0 Å². The Morgan fingerprint density at radius 2 is 1.64 bits per heavy atom. The van der Waals surface area contributed by atoms with E-state index in [0.29, 0.717) is 0 Å². The molecular weight excluding hydrogens is 312 g/mol. The predicted octanol–water partition coefficient (Wildman–Crippen LogP) is 4.52. The number of carbonyl (C=O) groups excluding carboxylic acids is 1. The van der Waals surface area contributed by atoms with Gasteiger partial charge in [0, 0.05) is 5.69 Å². The third kappa shape index (κ3) is 2.62. The maximum Gasteiger partial charge on any atom is 0.334 e. The van der Waals surface area contributed by atoms with Crippen molar-refractivity contribution in [3.8, 4) is 5.75 Å². The topological polar surface area (TPSA) is 32.8 Å². The van der Waals surface area contributed by atoms with Crippen LogP contribution in [0.1, 0.15) is 0 Å². The largest absolute Gasteiger partial charge is 0.497 e. The Bertz CT molecular complexity index is 867. The maximum atomic E-state index is 13.3. The van der Waals surface area contributed by atoms with Gasteiger partial charge in [0.1, 0.15) is 5.75 Å². The summed E-state index contributed by atoms with van der Waals surface area (Å²) in [5.74, 6) is 0.765. The molecule has 0 radical (unpaired) electrons. The number of hydrogen-bond acceptors (Lipinski definition) is 2. The first-order valence-corrected chi connectivity index (χ1v) is 8.17. The van der Waals surface area contributed by atoms with Crippen molar-refractivity contribution in [2.45, 2.75) is 6.04 Å². The van der Waals surface area contributed by atoms with Crippen molar-refractivity contribution < 1.29 is 9.53 Å². The molecule has 2 aromatic carbocycles. The van der Waals surface area contributed by atoms with Crippen LogP contribution in [-0.4, -0.2) is 19.2 Å². The lowest BCUT2D eigenvalue weighted by molar-refractivity contribution is 0.255. The van der Waals surface area contributed by atoms with Gasteiger partial charge in [0.2, 0.25) is 0 Å². The first-order chi connectivity index (χ1) is 12.3. The third-order valence-corrected chi connectivity index (χ3v) is 4.38. The minimum Gasteiger partial charge on any atom is -0.497 e. The van der Waals surface area contributed by atoms with E-state index < -0.39 is 0 Å². The monoisotopic (exact) mass is 330 g/mol. The smallest absolute Gasteiger partial charge is 0.334 e. The number of carbonyl (C=O) groups is 1. The summed E-state index contributed by atoms with van der Waals surface area (Å²) in [5.41, 5.74) is 2.64. The number of fused-ring (bicyclic) bond motifs is 1. The van der Waals surface area contributed by atoms with Gasteiger partial charge in [0.15, 0.2) is 0 Å². The number of amides is 2. The highest BCUT2D eigenvalue weighted by Gasteiger charge is 2.42.